The van der Waals surface area contributed by atoms with Crippen LogP contribution >= 0.6 is 0 Å². The summed E-state index contributed by atoms with van der Waals surface area (Å²) >= 11 is 0. The van der Waals surface area contributed by atoms with Crippen molar-refractivity contribution in [2.24, 2.45) is 0 Å². The van der Waals surface area contributed by atoms with Crippen molar-refractivity contribution in [1.82, 2.24) is 4.98 Å². The number of nitrogens with zero attached hydrogens (tertiary/aromatic N) is 1. The van der Waals surface area contributed by atoms with E-state index >= 15 is 0 Å². The van der Waals surface area contributed by atoms with Gasteiger partial charge in [-0.15, -0.1) is 0 Å². The number of esters is 1. The molecule has 1 aliphatic carbocycles. The minimum Gasteiger partial charge on any atom is -0.465 e. The highest BCUT2D eigenvalue weighted by molar-refractivity contribution is 6.03. The van der Waals surface area contributed by atoms with Crippen LogP contribution in [0.4, 0.5) is 11.4 Å². The number of carbonyl (C=O) groups is 2. The fourth-order valence-corrected chi connectivity index (χ4v) is 2.92. The maximum atomic E-state index is 12.3. The Bertz CT molecular complexity index is 736. The monoisotopic (exact) mass is 339 g/mol. The number of hydrogen-bond acceptors (Lipinski definition) is 5. The number of pyridine rings is 1. The topological polar surface area (TPSA) is 80.3 Å². The Balaban J connectivity index is 1.59. The minimum atomic E-state index is -0.412. The van der Waals surface area contributed by atoms with Crippen LogP contribution in [0.3, 0.4) is 0 Å². The molecule has 1 fully saturated rings. The summed E-state index contributed by atoms with van der Waals surface area (Å²) in [6, 6.07) is 10.6. The Morgan fingerprint density at radius 1 is 1.04 bits per heavy atom. The number of amides is 1. The molecule has 1 aliphatic rings. The summed E-state index contributed by atoms with van der Waals surface area (Å²) in [5.41, 5.74) is 2.30. The van der Waals surface area contributed by atoms with Gasteiger partial charge in [0.05, 0.1) is 24.6 Å². The zero-order chi connectivity index (χ0) is 17.6. The third kappa shape index (κ3) is 4.35. The first-order chi connectivity index (χ1) is 12.2. The lowest BCUT2D eigenvalue weighted by molar-refractivity contribution is 0.0600. The van der Waals surface area contributed by atoms with Crippen molar-refractivity contribution in [3.8, 4) is 0 Å². The van der Waals surface area contributed by atoms with Crippen molar-refractivity contribution < 1.29 is 14.3 Å². The van der Waals surface area contributed by atoms with Gasteiger partial charge in [-0.05, 0) is 49.2 Å². The average Bonchev–Trinajstić information content (AvgIpc) is 3.15. The lowest BCUT2D eigenvalue weighted by Gasteiger charge is -2.13. The normalized spacial score (nSPS) is 14.1. The molecule has 1 amide bonds. The van der Waals surface area contributed by atoms with Crippen LogP contribution in [0.25, 0.3) is 0 Å². The van der Waals surface area contributed by atoms with E-state index in [0.717, 1.165) is 5.69 Å². The standard InChI is InChI=1S/C19H21N3O3/c1-25-19(24)13-6-8-15(9-7-13)22-18(23)17-11-10-16(12-20-17)21-14-4-2-3-5-14/h6-12,14,21H,2-5H2,1H3,(H,22,23). The zero-order valence-corrected chi connectivity index (χ0v) is 14.1. The second-order valence-electron chi connectivity index (χ2n) is 6.08. The number of anilines is 2. The molecule has 1 aromatic carbocycles. The molecule has 25 heavy (non-hydrogen) atoms. The van der Waals surface area contributed by atoms with Gasteiger partial charge in [0.2, 0.25) is 0 Å². The number of hydrogen-bond donors (Lipinski definition) is 2. The Hall–Kier alpha value is -2.89. The third-order valence-electron chi connectivity index (χ3n) is 4.29. The molecule has 6 nitrogen and oxygen atoms in total. The molecule has 0 unspecified atom stereocenters. The van der Waals surface area contributed by atoms with Gasteiger partial charge in [-0.3, -0.25) is 4.79 Å². The summed E-state index contributed by atoms with van der Waals surface area (Å²) in [7, 11) is 1.33. The van der Waals surface area contributed by atoms with Crippen molar-refractivity contribution in [3.63, 3.8) is 0 Å². The van der Waals surface area contributed by atoms with Crippen molar-refractivity contribution in [2.45, 2.75) is 31.7 Å². The van der Waals surface area contributed by atoms with Crippen LogP contribution in [0.1, 0.15) is 46.5 Å². The highest BCUT2D eigenvalue weighted by Gasteiger charge is 2.15. The van der Waals surface area contributed by atoms with Crippen LogP contribution in [-0.4, -0.2) is 30.0 Å². The molecule has 2 N–H and O–H groups in total. The third-order valence-corrected chi connectivity index (χ3v) is 4.29. The Labute approximate surface area is 146 Å². The van der Waals surface area contributed by atoms with Gasteiger partial charge < -0.3 is 15.4 Å². The molecule has 3 rings (SSSR count). The van der Waals surface area contributed by atoms with Crippen LogP contribution in [0, 0.1) is 0 Å². The van der Waals surface area contributed by atoms with E-state index in [2.05, 4.69) is 20.4 Å². The smallest absolute Gasteiger partial charge is 0.337 e. The average molecular weight is 339 g/mol. The SMILES string of the molecule is COC(=O)c1ccc(NC(=O)c2ccc(NC3CCCC3)cn2)cc1. The Morgan fingerprint density at radius 3 is 2.32 bits per heavy atom. The van der Waals surface area contributed by atoms with E-state index in [1.807, 2.05) is 6.07 Å². The van der Waals surface area contributed by atoms with Crippen molar-refractivity contribution in [3.05, 3.63) is 53.9 Å². The molecule has 1 heterocycles. The van der Waals surface area contributed by atoms with Gasteiger partial charge in [0.15, 0.2) is 0 Å². The van der Waals surface area contributed by atoms with E-state index in [1.165, 1.54) is 32.8 Å². The van der Waals surface area contributed by atoms with Crippen LogP contribution in [0.2, 0.25) is 0 Å². The summed E-state index contributed by atoms with van der Waals surface area (Å²) in [6.07, 6.45) is 6.59. The van der Waals surface area contributed by atoms with Crippen LogP contribution < -0.4 is 10.6 Å². The molecule has 1 aromatic heterocycles. The van der Waals surface area contributed by atoms with E-state index < -0.39 is 5.97 Å². The summed E-state index contributed by atoms with van der Waals surface area (Å²) in [5.74, 6) is -0.705. The second-order valence-corrected chi connectivity index (χ2v) is 6.08. The van der Waals surface area contributed by atoms with Gasteiger partial charge >= 0.3 is 5.97 Å². The summed E-state index contributed by atoms with van der Waals surface area (Å²) < 4.78 is 4.64. The van der Waals surface area contributed by atoms with Crippen molar-refractivity contribution in [1.29, 1.82) is 0 Å². The summed E-state index contributed by atoms with van der Waals surface area (Å²) in [6.45, 7) is 0. The van der Waals surface area contributed by atoms with Crippen LogP contribution in [0.15, 0.2) is 42.6 Å². The quantitative estimate of drug-likeness (QED) is 0.815. The van der Waals surface area contributed by atoms with E-state index in [0.29, 0.717) is 23.0 Å². The molecule has 2 aromatic rings. The van der Waals surface area contributed by atoms with Crippen molar-refractivity contribution in [2.75, 3.05) is 17.7 Å². The number of carbonyl (C=O) groups excluding carboxylic acids is 2. The predicted octanol–water partition coefficient (Wildman–Crippen LogP) is 3.48. The highest BCUT2D eigenvalue weighted by atomic mass is 16.5. The van der Waals surface area contributed by atoms with E-state index in [9.17, 15) is 9.59 Å². The largest absolute Gasteiger partial charge is 0.465 e. The first kappa shape index (κ1) is 17.0. The molecule has 6 heteroatoms. The van der Waals surface area contributed by atoms with Gasteiger partial charge in [-0.1, -0.05) is 12.8 Å². The van der Waals surface area contributed by atoms with Crippen LogP contribution in [0.5, 0.6) is 0 Å². The van der Waals surface area contributed by atoms with Gasteiger partial charge in [0.1, 0.15) is 5.69 Å². The fourth-order valence-electron chi connectivity index (χ4n) is 2.92. The molecule has 0 radical (unpaired) electrons. The molecule has 130 valence electrons. The number of methoxy groups -OCH3 is 1. The van der Waals surface area contributed by atoms with E-state index in [4.69, 9.17) is 0 Å². The lowest BCUT2D eigenvalue weighted by Crippen LogP contribution is -2.16. The second kappa shape index (κ2) is 7.79. The van der Waals surface area contributed by atoms with Gasteiger partial charge in [-0.2, -0.15) is 0 Å². The molecule has 0 saturated heterocycles. The molecule has 0 bridgehead atoms. The van der Waals surface area contributed by atoms with Crippen LogP contribution in [-0.2, 0) is 4.74 Å². The predicted molar refractivity (Wildman–Crippen MR) is 95.9 cm³/mol. The van der Waals surface area contributed by atoms with Gasteiger partial charge in [0.25, 0.3) is 5.91 Å². The number of ether oxygens (including phenoxy) is 1. The van der Waals surface area contributed by atoms with Gasteiger partial charge in [-0.25, -0.2) is 9.78 Å². The molecule has 1 saturated carbocycles. The summed E-state index contributed by atoms with van der Waals surface area (Å²) in [5, 5.41) is 6.20. The zero-order valence-electron chi connectivity index (χ0n) is 14.1. The number of rotatable bonds is 5. The molecule has 0 spiro atoms. The van der Waals surface area contributed by atoms with Gasteiger partial charge in [0, 0.05) is 11.7 Å². The molecule has 0 aliphatic heterocycles. The van der Waals surface area contributed by atoms with Crippen molar-refractivity contribution >= 4 is 23.3 Å². The number of aromatic nitrogens is 1. The first-order valence-corrected chi connectivity index (χ1v) is 8.38. The maximum Gasteiger partial charge on any atom is 0.337 e. The number of nitrogens with one attached hydrogen (secondary N) is 2. The fraction of sp³-hybridized carbons (Fsp3) is 0.316. The molecular weight excluding hydrogens is 318 g/mol. The Kier molecular flexibility index (Phi) is 5.28. The Morgan fingerprint density at radius 2 is 1.72 bits per heavy atom. The minimum absolute atomic E-state index is 0.293. The summed E-state index contributed by atoms with van der Waals surface area (Å²) in [4.78, 5) is 27.9. The molecule has 0 atom stereocenters. The van der Waals surface area contributed by atoms with E-state index in [-0.39, 0.29) is 5.91 Å². The maximum absolute atomic E-state index is 12.3. The molecular formula is C19H21N3O3. The first-order valence-electron chi connectivity index (χ1n) is 8.38. The lowest BCUT2D eigenvalue weighted by atomic mass is 10.2. The van der Waals surface area contributed by atoms with E-state index in [1.54, 1.807) is 36.5 Å². The highest BCUT2D eigenvalue weighted by Crippen LogP contribution is 2.22. The number of benzene rings is 1.